The van der Waals surface area contributed by atoms with Crippen LogP contribution in [0.4, 0.5) is 0 Å². The van der Waals surface area contributed by atoms with E-state index in [0.29, 0.717) is 0 Å². The van der Waals surface area contributed by atoms with Crippen molar-refractivity contribution in [3.8, 4) is 0 Å². The van der Waals surface area contributed by atoms with Crippen molar-refractivity contribution < 1.29 is 0 Å². The second-order valence-electron chi connectivity index (χ2n) is 5.65. The van der Waals surface area contributed by atoms with Gasteiger partial charge in [0, 0.05) is 12.6 Å². The molecule has 1 fully saturated rings. The lowest BCUT2D eigenvalue weighted by molar-refractivity contribution is 0.123. The molecule has 0 aromatic heterocycles. The largest absolute Gasteiger partial charge is 0.317 e. The molecule has 2 heteroatoms. The summed E-state index contributed by atoms with van der Waals surface area (Å²) >= 11 is 0. The van der Waals surface area contributed by atoms with E-state index >= 15 is 0 Å². The van der Waals surface area contributed by atoms with E-state index in [1.54, 1.807) is 0 Å². The maximum absolute atomic E-state index is 3.49. The lowest BCUT2D eigenvalue weighted by atomic mass is 9.94. The van der Waals surface area contributed by atoms with Crippen molar-refractivity contribution in [2.24, 2.45) is 5.92 Å². The van der Waals surface area contributed by atoms with E-state index in [1.165, 1.54) is 64.7 Å². The van der Waals surface area contributed by atoms with Crippen LogP contribution in [0.1, 0.15) is 59.3 Å². The van der Waals surface area contributed by atoms with E-state index in [9.17, 15) is 0 Å². The molecule has 0 radical (unpaired) electrons. The molecule has 1 aliphatic rings. The summed E-state index contributed by atoms with van der Waals surface area (Å²) < 4.78 is 0. The van der Waals surface area contributed by atoms with Crippen LogP contribution in [0.5, 0.6) is 0 Å². The van der Waals surface area contributed by atoms with Crippen molar-refractivity contribution in [2.75, 3.05) is 26.2 Å². The SMILES string of the molecule is CCCNCCCC(C)N1CCCC(CC)C1. The van der Waals surface area contributed by atoms with Gasteiger partial charge >= 0.3 is 0 Å². The molecular weight excluding hydrogens is 208 g/mol. The van der Waals surface area contributed by atoms with E-state index < -0.39 is 0 Å². The molecule has 0 spiro atoms. The van der Waals surface area contributed by atoms with Crippen LogP contribution < -0.4 is 5.32 Å². The third-order valence-electron chi connectivity index (χ3n) is 4.15. The fourth-order valence-corrected chi connectivity index (χ4v) is 2.84. The Morgan fingerprint density at radius 2 is 2.12 bits per heavy atom. The van der Waals surface area contributed by atoms with Gasteiger partial charge in [-0.15, -0.1) is 0 Å². The number of likely N-dealkylation sites (tertiary alicyclic amines) is 1. The summed E-state index contributed by atoms with van der Waals surface area (Å²) in [7, 11) is 0. The standard InChI is InChI=1S/C15H32N2/c1-4-10-16-11-6-8-14(3)17-12-7-9-15(5-2)13-17/h14-16H,4-13H2,1-3H3. The Labute approximate surface area is 108 Å². The third kappa shape index (κ3) is 5.87. The van der Waals surface area contributed by atoms with Gasteiger partial charge in [-0.3, -0.25) is 0 Å². The Hall–Kier alpha value is -0.0800. The van der Waals surface area contributed by atoms with E-state index in [1.807, 2.05) is 0 Å². The second-order valence-corrected chi connectivity index (χ2v) is 5.65. The minimum atomic E-state index is 0.785. The zero-order valence-corrected chi connectivity index (χ0v) is 12.2. The maximum Gasteiger partial charge on any atom is 0.00675 e. The summed E-state index contributed by atoms with van der Waals surface area (Å²) in [6.45, 7) is 12.0. The molecular formula is C15H32N2. The van der Waals surface area contributed by atoms with Gasteiger partial charge in [-0.25, -0.2) is 0 Å². The average molecular weight is 240 g/mol. The average Bonchev–Trinajstić information content (AvgIpc) is 2.38. The number of nitrogens with zero attached hydrogens (tertiary/aromatic N) is 1. The molecule has 0 bridgehead atoms. The smallest absolute Gasteiger partial charge is 0.00675 e. The van der Waals surface area contributed by atoms with Crippen molar-refractivity contribution in [1.82, 2.24) is 10.2 Å². The van der Waals surface area contributed by atoms with Crippen LogP contribution in [0.2, 0.25) is 0 Å². The lowest BCUT2D eigenvalue weighted by Crippen LogP contribution is -2.41. The Bertz CT molecular complexity index is 182. The molecule has 1 rings (SSSR count). The van der Waals surface area contributed by atoms with E-state index in [-0.39, 0.29) is 0 Å². The number of hydrogen-bond donors (Lipinski definition) is 1. The molecule has 0 saturated carbocycles. The summed E-state index contributed by atoms with van der Waals surface area (Å²) in [6, 6.07) is 0.785. The number of rotatable bonds is 8. The van der Waals surface area contributed by atoms with Crippen LogP contribution >= 0.6 is 0 Å². The highest BCUT2D eigenvalue weighted by Crippen LogP contribution is 2.22. The van der Waals surface area contributed by atoms with E-state index in [4.69, 9.17) is 0 Å². The third-order valence-corrected chi connectivity index (χ3v) is 4.15. The van der Waals surface area contributed by atoms with Crippen molar-refractivity contribution >= 4 is 0 Å². The maximum atomic E-state index is 3.49. The lowest BCUT2D eigenvalue weighted by Gasteiger charge is -2.36. The minimum Gasteiger partial charge on any atom is -0.317 e. The number of hydrogen-bond acceptors (Lipinski definition) is 2. The van der Waals surface area contributed by atoms with Gasteiger partial charge < -0.3 is 10.2 Å². The fraction of sp³-hybridized carbons (Fsp3) is 1.00. The number of piperidine rings is 1. The molecule has 0 aromatic carbocycles. The summed E-state index contributed by atoms with van der Waals surface area (Å²) in [5.74, 6) is 0.962. The molecule has 2 nitrogen and oxygen atoms in total. The fourth-order valence-electron chi connectivity index (χ4n) is 2.84. The molecule has 1 saturated heterocycles. The first kappa shape index (κ1) is 15.0. The van der Waals surface area contributed by atoms with Gasteiger partial charge in [-0.1, -0.05) is 20.3 Å². The van der Waals surface area contributed by atoms with Crippen LogP contribution in [0.15, 0.2) is 0 Å². The minimum absolute atomic E-state index is 0.785. The van der Waals surface area contributed by atoms with Crippen LogP contribution in [0, 0.1) is 5.92 Å². The van der Waals surface area contributed by atoms with E-state index in [2.05, 4.69) is 31.0 Å². The van der Waals surface area contributed by atoms with Crippen LogP contribution in [-0.4, -0.2) is 37.1 Å². The van der Waals surface area contributed by atoms with Gasteiger partial charge in [0.05, 0.1) is 0 Å². The first-order valence-corrected chi connectivity index (χ1v) is 7.72. The first-order chi connectivity index (χ1) is 8.27. The van der Waals surface area contributed by atoms with Crippen LogP contribution in [-0.2, 0) is 0 Å². The highest BCUT2D eigenvalue weighted by atomic mass is 15.2. The Balaban J connectivity index is 2.11. The Kier molecular flexibility index (Phi) is 7.87. The van der Waals surface area contributed by atoms with Crippen molar-refractivity contribution in [2.45, 2.75) is 65.3 Å². The predicted octanol–water partition coefficient (Wildman–Crippen LogP) is 3.28. The zero-order valence-electron chi connectivity index (χ0n) is 12.2. The Morgan fingerprint density at radius 1 is 1.29 bits per heavy atom. The van der Waals surface area contributed by atoms with Crippen molar-refractivity contribution in [3.63, 3.8) is 0 Å². The molecule has 102 valence electrons. The normalized spacial score (nSPS) is 23.8. The molecule has 17 heavy (non-hydrogen) atoms. The monoisotopic (exact) mass is 240 g/mol. The van der Waals surface area contributed by atoms with Gasteiger partial charge in [0.1, 0.15) is 0 Å². The predicted molar refractivity (Wildman–Crippen MR) is 76.4 cm³/mol. The van der Waals surface area contributed by atoms with Crippen LogP contribution in [0.25, 0.3) is 0 Å². The summed E-state index contributed by atoms with van der Waals surface area (Å²) in [5, 5.41) is 3.49. The molecule has 0 aromatic rings. The van der Waals surface area contributed by atoms with Crippen LogP contribution in [0.3, 0.4) is 0 Å². The van der Waals surface area contributed by atoms with Crippen molar-refractivity contribution in [1.29, 1.82) is 0 Å². The topological polar surface area (TPSA) is 15.3 Å². The van der Waals surface area contributed by atoms with Gasteiger partial charge in [-0.05, 0) is 64.6 Å². The van der Waals surface area contributed by atoms with Gasteiger partial charge in [0.25, 0.3) is 0 Å². The molecule has 1 aliphatic heterocycles. The molecule has 2 atom stereocenters. The number of nitrogens with one attached hydrogen (secondary N) is 1. The second kappa shape index (κ2) is 8.93. The molecule has 0 aliphatic carbocycles. The summed E-state index contributed by atoms with van der Waals surface area (Å²) in [5.41, 5.74) is 0. The highest BCUT2D eigenvalue weighted by Gasteiger charge is 2.21. The summed E-state index contributed by atoms with van der Waals surface area (Å²) in [6.07, 6.45) is 8.16. The van der Waals surface area contributed by atoms with Gasteiger partial charge in [0.2, 0.25) is 0 Å². The van der Waals surface area contributed by atoms with Gasteiger partial charge in [-0.2, -0.15) is 0 Å². The van der Waals surface area contributed by atoms with Crippen molar-refractivity contribution in [3.05, 3.63) is 0 Å². The molecule has 1 heterocycles. The molecule has 1 N–H and O–H groups in total. The zero-order chi connectivity index (χ0) is 12.5. The first-order valence-electron chi connectivity index (χ1n) is 7.72. The molecule has 2 unspecified atom stereocenters. The van der Waals surface area contributed by atoms with Gasteiger partial charge in [0.15, 0.2) is 0 Å². The molecule has 0 amide bonds. The highest BCUT2D eigenvalue weighted by molar-refractivity contribution is 4.76. The Morgan fingerprint density at radius 3 is 2.82 bits per heavy atom. The quantitative estimate of drug-likeness (QED) is 0.655. The van der Waals surface area contributed by atoms with E-state index in [0.717, 1.165) is 12.0 Å². The summed E-state index contributed by atoms with van der Waals surface area (Å²) in [4.78, 5) is 2.72.